The van der Waals surface area contributed by atoms with E-state index in [9.17, 15) is 85.3 Å². The van der Waals surface area contributed by atoms with Gasteiger partial charge in [-0.25, -0.2) is 18.7 Å². The lowest BCUT2D eigenvalue weighted by Gasteiger charge is -2.42. The first-order chi connectivity index (χ1) is 56.3. The first kappa shape index (κ1) is 95.7. The zero-order valence-corrected chi connectivity index (χ0v) is 66.6. The van der Waals surface area contributed by atoms with Gasteiger partial charge in [0.05, 0.1) is 161 Å². The van der Waals surface area contributed by atoms with Crippen LogP contribution in [0.4, 0.5) is 0 Å². The average Bonchev–Trinajstić information content (AvgIpc) is 1.68. The highest BCUT2D eigenvalue weighted by atomic mass is 32.1. The maximum Gasteiger partial charge on any atom is 0.237 e. The second-order valence-corrected chi connectivity index (χ2v) is 28.6. The highest BCUT2D eigenvalue weighted by Crippen LogP contribution is 2.27. The number of nitrogens with zero attached hydrogens (tertiary/aromatic N) is 14. The molecule has 117 heavy (non-hydrogen) atoms. The molecule has 8 heterocycles. The number of thiol groups is 1. The lowest BCUT2D eigenvalue weighted by Crippen LogP contribution is -2.64. The number of aromatic nitrogens is 12. The van der Waals surface area contributed by atoms with Gasteiger partial charge in [-0.15, -0.1) is 20.4 Å². The summed E-state index contributed by atoms with van der Waals surface area (Å²) >= 11 is 4.39. The van der Waals surface area contributed by atoms with Gasteiger partial charge in [0.15, 0.2) is 25.2 Å². The van der Waals surface area contributed by atoms with Crippen molar-refractivity contribution in [3.05, 3.63) is 47.6 Å². The monoisotopic (exact) mass is 1690 g/mol. The summed E-state index contributed by atoms with van der Waals surface area (Å²) in [5.41, 5.74) is 2.13. The Morgan fingerprint density at radius 2 is 0.701 bits per heavy atom. The molecule has 4 aliphatic heterocycles. The smallest absolute Gasteiger partial charge is 0.237 e. The van der Waals surface area contributed by atoms with Crippen molar-refractivity contribution in [2.45, 2.75) is 228 Å². The minimum Gasteiger partial charge on any atom is -0.394 e. The molecule has 21 atom stereocenters. The predicted octanol–water partition coefficient (Wildman–Crippen LogP) is -10.8. The Kier molecular flexibility index (Phi) is 40.8. The molecule has 17 N–H and O–H groups in total. The fourth-order valence-electron chi connectivity index (χ4n) is 13.3. The normalized spacial score (nSPS) is 27.8. The Morgan fingerprint density at radius 1 is 0.419 bits per heavy atom. The van der Waals surface area contributed by atoms with E-state index in [1.807, 2.05) is 4.90 Å². The fraction of sp³-hybridized carbons (Fsp3) is 0.809. The lowest BCUT2D eigenvalue weighted by molar-refractivity contribution is -0.272. The topological polar surface area (TPSA) is 628 Å². The van der Waals surface area contributed by atoms with E-state index < -0.39 is 179 Å². The SMILES string of the molecule is CC(=O)N[C@H]1[C@H](OCCOCCn2cc(CN(CCCC[C@@H](C(=O)NCCS)N(Cc3cn(CCOCCO[C@@H]4O[C@H](CO)[C@H](O)[C@H](O)[C@H]4NC(C)=O)nn3)Cc3cn(CCOCCO[C@@H]4O[C@H](CO)[C@H](O)[C@H](O)[C@H]4NC(C)=O)nn3)Cc3cn(CCOCCO[C@@H]4O[C@H](CO)[C@H](O)[C@H](O)[C@H]4NC(C)=O)nn3)nn2)O[C@H](CO)[C@H](O)[C@@H]1O. The molecule has 0 saturated carbocycles. The van der Waals surface area contributed by atoms with Crippen molar-refractivity contribution in [2.75, 3.05) is 125 Å². The van der Waals surface area contributed by atoms with E-state index in [0.717, 1.165) is 0 Å². The van der Waals surface area contributed by atoms with Crippen LogP contribution in [0.15, 0.2) is 24.8 Å². The van der Waals surface area contributed by atoms with Gasteiger partial charge >= 0.3 is 0 Å². The van der Waals surface area contributed by atoms with Gasteiger partial charge in [-0.05, 0) is 19.4 Å². The van der Waals surface area contributed by atoms with Crippen LogP contribution < -0.4 is 26.6 Å². The van der Waals surface area contributed by atoms with E-state index in [-0.39, 0.29) is 144 Å². The van der Waals surface area contributed by atoms with Crippen LogP contribution in [0.3, 0.4) is 0 Å². The summed E-state index contributed by atoms with van der Waals surface area (Å²) in [6.07, 6.45) is -13.1. The van der Waals surface area contributed by atoms with Crippen molar-refractivity contribution in [1.29, 1.82) is 0 Å². The molecule has 0 spiro atoms. The Balaban J connectivity index is 0.922. The number of aliphatic hydroxyl groups excluding tert-OH is 12. The molecule has 4 saturated heterocycles. The highest BCUT2D eigenvalue weighted by Gasteiger charge is 2.49. The van der Waals surface area contributed by atoms with Crippen molar-refractivity contribution >= 4 is 42.2 Å². The summed E-state index contributed by atoms with van der Waals surface area (Å²) in [6, 6.07) is -5.33. The Morgan fingerprint density at radius 3 is 0.966 bits per heavy atom. The number of unbranched alkanes of at least 4 members (excludes halogenated alkanes) is 1. The van der Waals surface area contributed by atoms with Crippen LogP contribution in [-0.2, 0) is 133 Å². The van der Waals surface area contributed by atoms with Gasteiger partial charge in [0, 0.05) is 91.0 Å². The maximum atomic E-state index is 14.6. The van der Waals surface area contributed by atoms with Gasteiger partial charge in [-0.1, -0.05) is 27.3 Å². The Hall–Kier alpha value is -6.78. The number of carbonyl (C=O) groups excluding carboxylic acids is 5. The zero-order chi connectivity index (χ0) is 84.5. The first-order valence-electron chi connectivity index (χ1n) is 38.6. The first-order valence-corrected chi connectivity index (χ1v) is 39.2. The Labute approximate surface area is 678 Å². The molecule has 0 radical (unpaired) electrons. The molecular weight excluding hydrogens is 1580 g/mol. The summed E-state index contributed by atoms with van der Waals surface area (Å²) in [7, 11) is 0. The van der Waals surface area contributed by atoms with Crippen molar-refractivity contribution in [3.63, 3.8) is 0 Å². The van der Waals surface area contributed by atoms with Crippen molar-refractivity contribution in [3.8, 4) is 0 Å². The van der Waals surface area contributed by atoms with E-state index in [4.69, 9.17) is 56.8 Å². The summed E-state index contributed by atoms with van der Waals surface area (Å²) in [6.45, 7) is 5.41. The molecule has 4 fully saturated rings. The third kappa shape index (κ3) is 30.1. The van der Waals surface area contributed by atoms with Gasteiger partial charge < -0.3 is 145 Å². The van der Waals surface area contributed by atoms with Gasteiger partial charge in [0.1, 0.15) is 97.4 Å². The molecule has 0 aromatic carbocycles. The summed E-state index contributed by atoms with van der Waals surface area (Å²) in [5, 5.41) is 172. The second kappa shape index (κ2) is 49.8. The van der Waals surface area contributed by atoms with Crippen LogP contribution >= 0.6 is 12.6 Å². The summed E-state index contributed by atoms with van der Waals surface area (Å²) in [5.74, 6) is -1.98. The molecule has 4 aromatic heterocycles. The number of ether oxygens (including phenoxy) is 12. The van der Waals surface area contributed by atoms with E-state index in [2.05, 4.69) is 85.4 Å². The van der Waals surface area contributed by atoms with E-state index in [0.29, 0.717) is 54.3 Å². The van der Waals surface area contributed by atoms with Crippen LogP contribution in [0.5, 0.6) is 0 Å². The van der Waals surface area contributed by atoms with Crippen LogP contribution in [0.2, 0.25) is 0 Å². The fourth-order valence-corrected chi connectivity index (χ4v) is 13.4. The summed E-state index contributed by atoms with van der Waals surface area (Å²) < 4.78 is 75.3. The van der Waals surface area contributed by atoms with Crippen LogP contribution in [-0.4, -0.2) is 414 Å². The van der Waals surface area contributed by atoms with Crippen LogP contribution in [0.25, 0.3) is 0 Å². The number of rotatable bonds is 53. The van der Waals surface area contributed by atoms with Crippen molar-refractivity contribution in [2.24, 2.45) is 0 Å². The van der Waals surface area contributed by atoms with E-state index in [1.165, 1.54) is 27.7 Å². The van der Waals surface area contributed by atoms with Gasteiger partial charge in [-0.2, -0.15) is 12.6 Å². The van der Waals surface area contributed by atoms with Crippen LogP contribution in [0.1, 0.15) is 69.7 Å². The predicted molar refractivity (Wildman–Crippen MR) is 396 cm³/mol. The maximum absolute atomic E-state index is 14.6. The molecule has 0 aliphatic carbocycles. The molecular formula is C68H115N19O29S. The minimum atomic E-state index is -1.49. The third-order valence-electron chi connectivity index (χ3n) is 19.1. The second-order valence-electron chi connectivity index (χ2n) is 28.2. The average molecular weight is 1690 g/mol. The highest BCUT2D eigenvalue weighted by molar-refractivity contribution is 7.80. The van der Waals surface area contributed by atoms with Gasteiger partial charge in [0.25, 0.3) is 0 Å². The molecule has 5 amide bonds. The van der Waals surface area contributed by atoms with Gasteiger partial charge in [-0.3, -0.25) is 33.8 Å². The molecule has 0 unspecified atom stereocenters. The molecule has 4 aromatic rings. The molecule has 48 nitrogen and oxygen atoms in total. The lowest BCUT2D eigenvalue weighted by atomic mass is 9.97. The molecule has 8 rings (SSSR count). The largest absolute Gasteiger partial charge is 0.394 e. The van der Waals surface area contributed by atoms with E-state index >= 15 is 0 Å². The molecule has 662 valence electrons. The zero-order valence-electron chi connectivity index (χ0n) is 65.7. The molecule has 0 bridgehead atoms. The molecule has 49 heteroatoms. The number of amides is 5. The molecule has 4 aliphatic rings. The van der Waals surface area contributed by atoms with Gasteiger partial charge in [0.2, 0.25) is 29.5 Å². The summed E-state index contributed by atoms with van der Waals surface area (Å²) in [4.78, 5) is 66.3. The Bertz CT molecular complexity index is 3360. The van der Waals surface area contributed by atoms with Crippen molar-refractivity contribution in [1.82, 2.24) is 96.4 Å². The van der Waals surface area contributed by atoms with Crippen molar-refractivity contribution < 1.29 is 142 Å². The minimum absolute atomic E-state index is 0.0300. The quantitative estimate of drug-likeness (QED) is 0.0144. The standard InChI is InChI=1S/C68H115N19O29S/c1-39(92)70-52-60(100)56(96)48(35-88)113-65(52)109-22-18-105-14-10-84-31-43(74-78-84)27-82(28-44-32-85(79-75-44)11-15-106-19-23-110-66-53(71-40(2)93)61(101)57(97)49(36-89)114-66)9-6-5-7-47(64(104)69-8-26-117)83(29-45-33-86(80-76-45)12-16-107-20-24-111-67-54(72-41(3)94)62(102)58(98)50(37-90)115-67)30-46-34-87(81-77-46)13-17-108-21-25-112-68-55(73-42(4)95)63(103)59(99)51(38-91)116-68/h31-34,47-63,65-68,88-91,96-103,117H,5-30,35-38H2,1-4H3,(H,69,104)(H,70,92)(H,71,93)(H,72,94)(H,73,95)/t47-,48+,49+,50+,51+,52+,53+,54+,55+,56-,57-,58-,59-,60+,61+,62+,63+,65+,66+,67+,68+/m0/s1. The van der Waals surface area contributed by atoms with Crippen LogP contribution in [0, 0.1) is 0 Å². The number of hydrogen-bond donors (Lipinski definition) is 18. The number of hydrogen-bond acceptors (Lipinski definition) is 40. The number of nitrogens with one attached hydrogen (secondary N) is 5. The van der Waals surface area contributed by atoms with E-state index in [1.54, 1.807) is 43.5 Å². The number of carbonyl (C=O) groups is 5. The third-order valence-corrected chi connectivity index (χ3v) is 19.3. The number of aliphatic hydroxyl groups is 12.